The zero-order valence-electron chi connectivity index (χ0n) is 9.82. The first-order chi connectivity index (χ1) is 9.13. The monoisotopic (exact) mass is 310 g/mol. The average molecular weight is 311 g/mol. The highest BCUT2D eigenvalue weighted by molar-refractivity contribution is 7.21. The molecule has 0 atom stereocenters. The Balaban J connectivity index is 2.03. The number of anilines is 2. The van der Waals surface area contributed by atoms with Gasteiger partial charge in [0.25, 0.3) is 0 Å². The van der Waals surface area contributed by atoms with Crippen LogP contribution in [0.3, 0.4) is 0 Å². The van der Waals surface area contributed by atoms with Crippen molar-refractivity contribution in [2.75, 3.05) is 5.32 Å². The zero-order valence-corrected chi connectivity index (χ0v) is 12.1. The van der Waals surface area contributed by atoms with Crippen LogP contribution in [-0.2, 0) is 0 Å². The Morgan fingerprint density at radius 1 is 1.11 bits per heavy atom. The highest BCUT2D eigenvalue weighted by Gasteiger charge is 2.11. The molecular formula is C12H8Cl2N4S. The number of aryl methyl sites for hydroxylation is 1. The standard InChI is InChI=1S/C12H8Cl2N4S/c1-6-15-10(14)9-11(16-6)19-12(18-9)17-8-5-3-2-4-7(8)13/h2-5H,1H3,(H,17,18). The molecule has 2 heterocycles. The molecule has 0 bridgehead atoms. The molecule has 3 rings (SSSR count). The average Bonchev–Trinajstić information content (AvgIpc) is 2.75. The summed E-state index contributed by atoms with van der Waals surface area (Å²) in [5, 5.41) is 4.84. The molecule has 3 aromatic rings. The van der Waals surface area contributed by atoms with E-state index in [0.29, 0.717) is 26.6 Å². The first kappa shape index (κ1) is 12.6. The van der Waals surface area contributed by atoms with Gasteiger partial charge in [-0.25, -0.2) is 15.0 Å². The fourth-order valence-electron chi connectivity index (χ4n) is 1.62. The van der Waals surface area contributed by atoms with E-state index in [0.717, 1.165) is 10.5 Å². The van der Waals surface area contributed by atoms with E-state index in [1.807, 2.05) is 24.3 Å². The van der Waals surface area contributed by atoms with Gasteiger partial charge in [0, 0.05) is 0 Å². The molecule has 0 aliphatic rings. The topological polar surface area (TPSA) is 50.7 Å². The van der Waals surface area contributed by atoms with Crippen LogP contribution in [0.5, 0.6) is 0 Å². The largest absolute Gasteiger partial charge is 0.330 e. The van der Waals surface area contributed by atoms with Gasteiger partial charge in [-0.05, 0) is 19.1 Å². The smallest absolute Gasteiger partial charge is 0.189 e. The van der Waals surface area contributed by atoms with Crippen molar-refractivity contribution in [2.24, 2.45) is 0 Å². The highest BCUT2D eigenvalue weighted by atomic mass is 35.5. The molecule has 0 amide bonds. The van der Waals surface area contributed by atoms with Crippen molar-refractivity contribution < 1.29 is 0 Å². The van der Waals surface area contributed by atoms with Gasteiger partial charge in [-0.15, -0.1) is 0 Å². The Morgan fingerprint density at radius 3 is 2.68 bits per heavy atom. The number of benzene rings is 1. The molecule has 1 aromatic carbocycles. The van der Waals surface area contributed by atoms with Gasteiger partial charge in [-0.3, -0.25) is 0 Å². The van der Waals surface area contributed by atoms with Crippen LogP contribution in [0, 0.1) is 6.92 Å². The maximum atomic E-state index is 6.09. The third-order valence-corrected chi connectivity index (χ3v) is 3.90. The zero-order chi connectivity index (χ0) is 13.4. The Bertz CT molecular complexity index is 757. The van der Waals surface area contributed by atoms with Crippen molar-refractivity contribution in [1.82, 2.24) is 15.0 Å². The van der Waals surface area contributed by atoms with Crippen LogP contribution >= 0.6 is 34.5 Å². The van der Waals surface area contributed by atoms with Crippen LogP contribution in [0.4, 0.5) is 10.8 Å². The third kappa shape index (κ3) is 2.49. The van der Waals surface area contributed by atoms with E-state index >= 15 is 0 Å². The number of hydrogen-bond donors (Lipinski definition) is 1. The number of thiazole rings is 1. The second-order valence-corrected chi connectivity index (χ2v) is 5.58. The van der Waals surface area contributed by atoms with E-state index < -0.39 is 0 Å². The number of fused-ring (bicyclic) bond motifs is 1. The van der Waals surface area contributed by atoms with Gasteiger partial charge in [0.1, 0.15) is 11.3 Å². The number of hydrogen-bond acceptors (Lipinski definition) is 5. The fourth-order valence-corrected chi connectivity index (χ4v) is 3.01. The first-order valence-corrected chi connectivity index (χ1v) is 7.03. The third-order valence-electron chi connectivity index (χ3n) is 2.44. The number of rotatable bonds is 2. The van der Waals surface area contributed by atoms with E-state index in [2.05, 4.69) is 20.3 Å². The molecule has 19 heavy (non-hydrogen) atoms. The maximum absolute atomic E-state index is 6.09. The minimum atomic E-state index is 0.367. The van der Waals surface area contributed by atoms with E-state index in [-0.39, 0.29) is 0 Å². The van der Waals surface area contributed by atoms with Crippen LogP contribution in [-0.4, -0.2) is 15.0 Å². The van der Waals surface area contributed by atoms with Gasteiger partial charge in [-0.2, -0.15) is 0 Å². The Kier molecular flexibility index (Phi) is 3.26. The van der Waals surface area contributed by atoms with Gasteiger partial charge in [0.15, 0.2) is 15.1 Å². The van der Waals surface area contributed by atoms with Crippen LogP contribution in [0.2, 0.25) is 10.2 Å². The van der Waals surface area contributed by atoms with Crippen molar-refractivity contribution >= 4 is 55.7 Å². The lowest BCUT2D eigenvalue weighted by Crippen LogP contribution is -1.90. The molecule has 96 valence electrons. The predicted molar refractivity (Wildman–Crippen MR) is 79.7 cm³/mol. The van der Waals surface area contributed by atoms with Crippen molar-refractivity contribution in [1.29, 1.82) is 0 Å². The van der Waals surface area contributed by atoms with Crippen molar-refractivity contribution in [3.8, 4) is 0 Å². The molecule has 0 spiro atoms. The van der Waals surface area contributed by atoms with E-state index in [9.17, 15) is 0 Å². The molecule has 0 saturated carbocycles. The molecule has 0 fully saturated rings. The van der Waals surface area contributed by atoms with Gasteiger partial charge in [0.2, 0.25) is 0 Å². The van der Waals surface area contributed by atoms with Gasteiger partial charge >= 0.3 is 0 Å². The Hall–Kier alpha value is -1.43. The maximum Gasteiger partial charge on any atom is 0.189 e. The van der Waals surface area contributed by atoms with Crippen LogP contribution in [0.1, 0.15) is 5.82 Å². The molecule has 0 aliphatic heterocycles. The summed E-state index contributed by atoms with van der Waals surface area (Å²) >= 11 is 13.6. The Labute approximate surface area is 123 Å². The molecule has 1 N–H and O–H groups in total. The van der Waals surface area contributed by atoms with Gasteiger partial charge < -0.3 is 5.32 Å². The molecule has 7 heteroatoms. The van der Waals surface area contributed by atoms with Crippen molar-refractivity contribution in [2.45, 2.75) is 6.92 Å². The SMILES string of the molecule is Cc1nc(Cl)c2nc(Nc3ccccc3Cl)sc2n1. The predicted octanol–water partition coefficient (Wildman–Crippen LogP) is 4.45. The van der Waals surface area contributed by atoms with Crippen molar-refractivity contribution in [3.63, 3.8) is 0 Å². The molecule has 0 radical (unpaired) electrons. The van der Waals surface area contributed by atoms with E-state index in [1.165, 1.54) is 11.3 Å². The number of nitrogens with one attached hydrogen (secondary N) is 1. The van der Waals surface area contributed by atoms with Crippen LogP contribution < -0.4 is 5.32 Å². The summed E-state index contributed by atoms with van der Waals surface area (Å²) in [6, 6.07) is 7.47. The lowest BCUT2D eigenvalue weighted by molar-refractivity contribution is 1.09. The normalized spacial score (nSPS) is 10.9. The molecule has 4 nitrogen and oxygen atoms in total. The van der Waals surface area contributed by atoms with Gasteiger partial charge in [-0.1, -0.05) is 46.7 Å². The van der Waals surface area contributed by atoms with Crippen LogP contribution in [0.15, 0.2) is 24.3 Å². The van der Waals surface area contributed by atoms with Gasteiger partial charge in [0.05, 0.1) is 10.7 Å². The molecule has 0 aliphatic carbocycles. The molecule has 2 aromatic heterocycles. The van der Waals surface area contributed by atoms with E-state index in [4.69, 9.17) is 23.2 Å². The summed E-state index contributed by atoms with van der Waals surface area (Å²) in [7, 11) is 0. The summed E-state index contributed by atoms with van der Waals surface area (Å²) < 4.78 is 0. The fraction of sp³-hybridized carbons (Fsp3) is 0.0833. The Morgan fingerprint density at radius 2 is 1.89 bits per heavy atom. The van der Waals surface area contributed by atoms with Crippen molar-refractivity contribution in [3.05, 3.63) is 40.3 Å². The van der Waals surface area contributed by atoms with E-state index in [1.54, 1.807) is 6.92 Å². The quantitative estimate of drug-likeness (QED) is 0.711. The second kappa shape index (κ2) is 4.92. The number of halogens is 2. The molecule has 0 unspecified atom stereocenters. The number of nitrogens with zero attached hydrogens (tertiary/aromatic N) is 3. The second-order valence-electron chi connectivity index (χ2n) is 3.84. The summed E-state index contributed by atoms with van der Waals surface area (Å²) in [5.41, 5.74) is 1.40. The highest BCUT2D eigenvalue weighted by Crippen LogP contribution is 2.32. The molecule has 0 saturated heterocycles. The summed E-state index contributed by atoms with van der Waals surface area (Å²) in [6.07, 6.45) is 0. The lowest BCUT2D eigenvalue weighted by atomic mass is 10.3. The minimum absolute atomic E-state index is 0.367. The summed E-state index contributed by atoms with van der Waals surface area (Å²) in [4.78, 5) is 13.5. The lowest BCUT2D eigenvalue weighted by Gasteiger charge is -2.03. The number of aromatic nitrogens is 3. The summed E-state index contributed by atoms with van der Waals surface area (Å²) in [5.74, 6) is 0.630. The summed E-state index contributed by atoms with van der Waals surface area (Å²) in [6.45, 7) is 1.80. The minimum Gasteiger partial charge on any atom is -0.330 e. The molecular weight excluding hydrogens is 303 g/mol. The first-order valence-electron chi connectivity index (χ1n) is 5.46. The van der Waals surface area contributed by atoms with Crippen LogP contribution in [0.25, 0.3) is 10.3 Å². The number of para-hydroxylation sites is 1.